The van der Waals surface area contributed by atoms with Crippen LogP contribution in [0.1, 0.15) is 30.6 Å². The summed E-state index contributed by atoms with van der Waals surface area (Å²) in [5.74, 6) is 0. The van der Waals surface area contributed by atoms with E-state index in [4.69, 9.17) is 17.3 Å². The van der Waals surface area contributed by atoms with E-state index in [0.29, 0.717) is 17.6 Å². The van der Waals surface area contributed by atoms with Crippen LogP contribution in [-0.2, 0) is 0 Å². The van der Waals surface area contributed by atoms with Crippen LogP contribution in [0.2, 0.25) is 5.02 Å². The smallest absolute Gasteiger partial charge is 0.0951 e. The molecule has 1 heterocycles. The summed E-state index contributed by atoms with van der Waals surface area (Å²) < 4.78 is 3.11. The molecular weight excluding hydrogens is 340 g/mol. The summed E-state index contributed by atoms with van der Waals surface area (Å²) in [6.45, 7) is 0.506. The molecule has 0 radical (unpaired) electrons. The Balaban J connectivity index is 1.82. The van der Waals surface area contributed by atoms with Gasteiger partial charge < -0.3 is 15.6 Å². The maximum Gasteiger partial charge on any atom is 0.0951 e. The summed E-state index contributed by atoms with van der Waals surface area (Å²) in [5.41, 5.74) is 8.01. The third-order valence-corrected chi connectivity index (χ3v) is 4.72. The molecule has 1 atom stereocenters. The molecule has 1 saturated carbocycles. The van der Waals surface area contributed by atoms with Crippen LogP contribution in [0.25, 0.3) is 0 Å². The second-order valence-corrected chi connectivity index (χ2v) is 6.28. The Labute approximate surface area is 131 Å². The molecule has 3 rings (SSSR count). The van der Waals surface area contributed by atoms with Gasteiger partial charge in [0.1, 0.15) is 0 Å². The summed E-state index contributed by atoms with van der Waals surface area (Å²) in [7, 11) is 0. The van der Waals surface area contributed by atoms with Gasteiger partial charge in [-0.3, -0.25) is 0 Å². The van der Waals surface area contributed by atoms with Crippen LogP contribution >= 0.6 is 27.5 Å². The molecule has 3 N–H and O–H groups in total. The molecule has 1 unspecified atom stereocenters. The zero-order chi connectivity index (χ0) is 14.1. The number of nitrogens with zero attached hydrogens (tertiary/aromatic N) is 2. The number of hydrogen-bond acceptors (Lipinski definition) is 3. The predicted octanol–water partition coefficient (Wildman–Crippen LogP) is 3.75. The van der Waals surface area contributed by atoms with Crippen LogP contribution in [-0.4, -0.2) is 16.1 Å². The van der Waals surface area contributed by atoms with Crippen molar-refractivity contribution in [2.75, 3.05) is 11.9 Å². The second kappa shape index (κ2) is 5.76. The molecule has 1 aromatic carbocycles. The monoisotopic (exact) mass is 354 g/mol. The minimum atomic E-state index is 0.0374. The zero-order valence-corrected chi connectivity index (χ0v) is 13.2. The fourth-order valence-electron chi connectivity index (χ4n) is 2.28. The van der Waals surface area contributed by atoms with E-state index in [1.165, 1.54) is 12.8 Å². The molecule has 0 aliphatic heterocycles. The number of nitrogens with one attached hydrogen (secondary N) is 1. The highest BCUT2D eigenvalue weighted by atomic mass is 79.9. The van der Waals surface area contributed by atoms with Crippen LogP contribution < -0.4 is 11.1 Å². The van der Waals surface area contributed by atoms with E-state index in [0.717, 1.165) is 15.9 Å². The largest absolute Gasteiger partial charge is 0.375 e. The van der Waals surface area contributed by atoms with Gasteiger partial charge in [-0.25, -0.2) is 4.98 Å². The standard InChI is InChI=1S/C14H16BrClN4/c15-11-4-1-9(5-12(11)16)19-13(6-17)14-7-18-8-20(14)10-2-3-10/h1,4-5,7-8,10,13,19H,2-3,6,17H2. The molecule has 4 nitrogen and oxygen atoms in total. The highest BCUT2D eigenvalue weighted by Crippen LogP contribution is 2.37. The summed E-state index contributed by atoms with van der Waals surface area (Å²) in [5, 5.41) is 4.11. The molecule has 1 aliphatic carbocycles. The van der Waals surface area contributed by atoms with Crippen molar-refractivity contribution in [1.29, 1.82) is 0 Å². The number of nitrogens with two attached hydrogens (primary N) is 1. The van der Waals surface area contributed by atoms with Crippen molar-refractivity contribution in [2.24, 2.45) is 5.73 Å². The SMILES string of the molecule is NCC(Nc1ccc(Br)c(Cl)c1)c1cncn1C1CC1. The first-order valence-corrected chi connectivity index (χ1v) is 7.79. The van der Waals surface area contributed by atoms with E-state index in [-0.39, 0.29) is 6.04 Å². The van der Waals surface area contributed by atoms with Gasteiger partial charge in [0.25, 0.3) is 0 Å². The van der Waals surface area contributed by atoms with Gasteiger partial charge in [0.15, 0.2) is 0 Å². The molecular formula is C14H16BrClN4. The molecule has 0 saturated heterocycles. The summed E-state index contributed by atoms with van der Waals surface area (Å²) in [4.78, 5) is 4.26. The maximum absolute atomic E-state index is 6.12. The lowest BCUT2D eigenvalue weighted by Crippen LogP contribution is -2.23. The molecule has 0 amide bonds. The minimum Gasteiger partial charge on any atom is -0.375 e. The summed E-state index contributed by atoms with van der Waals surface area (Å²) >= 11 is 9.51. The van der Waals surface area contributed by atoms with Crippen molar-refractivity contribution < 1.29 is 0 Å². The number of benzene rings is 1. The van der Waals surface area contributed by atoms with Gasteiger partial charge in [-0.1, -0.05) is 11.6 Å². The lowest BCUT2D eigenvalue weighted by molar-refractivity contribution is 0.642. The second-order valence-electron chi connectivity index (χ2n) is 5.02. The Hall–Kier alpha value is -1.04. The van der Waals surface area contributed by atoms with Gasteiger partial charge in [0.2, 0.25) is 0 Å². The topological polar surface area (TPSA) is 55.9 Å². The fraction of sp³-hybridized carbons (Fsp3) is 0.357. The fourth-order valence-corrected chi connectivity index (χ4v) is 2.71. The molecule has 6 heteroatoms. The van der Waals surface area contributed by atoms with E-state index in [1.807, 2.05) is 30.7 Å². The molecule has 1 aromatic heterocycles. The van der Waals surface area contributed by atoms with Crippen molar-refractivity contribution in [3.63, 3.8) is 0 Å². The van der Waals surface area contributed by atoms with Crippen molar-refractivity contribution >= 4 is 33.2 Å². The third kappa shape index (κ3) is 2.85. The van der Waals surface area contributed by atoms with E-state index in [9.17, 15) is 0 Å². The number of rotatable bonds is 5. The first-order valence-electron chi connectivity index (χ1n) is 6.62. The first-order chi connectivity index (χ1) is 9.69. The molecule has 1 aliphatic rings. The van der Waals surface area contributed by atoms with Crippen LogP contribution in [0.15, 0.2) is 35.2 Å². The van der Waals surface area contributed by atoms with Gasteiger partial charge in [-0.05, 0) is 47.0 Å². The van der Waals surface area contributed by atoms with Crippen LogP contribution in [0.4, 0.5) is 5.69 Å². The number of imidazole rings is 1. The first kappa shape index (κ1) is 13.9. The predicted molar refractivity (Wildman–Crippen MR) is 85.1 cm³/mol. The third-order valence-electron chi connectivity index (χ3n) is 3.49. The van der Waals surface area contributed by atoms with E-state index >= 15 is 0 Å². The number of anilines is 1. The van der Waals surface area contributed by atoms with Crippen LogP contribution in [0.3, 0.4) is 0 Å². The van der Waals surface area contributed by atoms with Crippen LogP contribution in [0.5, 0.6) is 0 Å². The highest BCUT2D eigenvalue weighted by Gasteiger charge is 2.27. The Morgan fingerprint density at radius 1 is 1.50 bits per heavy atom. The number of hydrogen-bond donors (Lipinski definition) is 2. The lowest BCUT2D eigenvalue weighted by atomic mass is 10.2. The van der Waals surface area contributed by atoms with Gasteiger partial charge in [0.05, 0.1) is 29.3 Å². The average molecular weight is 356 g/mol. The van der Waals surface area contributed by atoms with E-state index < -0.39 is 0 Å². The maximum atomic E-state index is 6.12. The molecule has 2 aromatic rings. The molecule has 0 bridgehead atoms. The molecule has 106 valence electrons. The average Bonchev–Trinajstić information content (AvgIpc) is 3.18. The summed E-state index contributed by atoms with van der Waals surface area (Å²) in [6.07, 6.45) is 6.24. The number of halogens is 2. The Morgan fingerprint density at radius 2 is 2.30 bits per heavy atom. The number of aromatic nitrogens is 2. The van der Waals surface area contributed by atoms with Crippen molar-refractivity contribution in [2.45, 2.75) is 24.9 Å². The van der Waals surface area contributed by atoms with E-state index in [1.54, 1.807) is 0 Å². The summed E-state index contributed by atoms with van der Waals surface area (Å²) in [6, 6.07) is 6.44. The molecule has 1 fully saturated rings. The van der Waals surface area contributed by atoms with Crippen LogP contribution in [0, 0.1) is 0 Å². The zero-order valence-electron chi connectivity index (χ0n) is 10.9. The van der Waals surface area contributed by atoms with E-state index in [2.05, 4.69) is 30.8 Å². The van der Waals surface area contributed by atoms with Gasteiger partial charge in [-0.15, -0.1) is 0 Å². The molecule has 0 spiro atoms. The normalized spacial score (nSPS) is 16.1. The lowest BCUT2D eigenvalue weighted by Gasteiger charge is -2.20. The van der Waals surface area contributed by atoms with Gasteiger partial charge >= 0.3 is 0 Å². The van der Waals surface area contributed by atoms with Crippen molar-refractivity contribution in [3.8, 4) is 0 Å². The Morgan fingerprint density at radius 3 is 2.95 bits per heavy atom. The minimum absolute atomic E-state index is 0.0374. The molecule has 20 heavy (non-hydrogen) atoms. The highest BCUT2D eigenvalue weighted by molar-refractivity contribution is 9.10. The Kier molecular flexibility index (Phi) is 4.01. The van der Waals surface area contributed by atoms with Crippen molar-refractivity contribution in [3.05, 3.63) is 45.9 Å². The van der Waals surface area contributed by atoms with Gasteiger partial charge in [-0.2, -0.15) is 0 Å². The quantitative estimate of drug-likeness (QED) is 0.859. The Bertz CT molecular complexity index is 609. The van der Waals surface area contributed by atoms with Gasteiger partial charge in [0, 0.05) is 22.7 Å². The van der Waals surface area contributed by atoms with Crippen molar-refractivity contribution in [1.82, 2.24) is 9.55 Å².